The average molecular weight is 553 g/mol. The Morgan fingerprint density at radius 3 is 2.58 bits per heavy atom. The smallest absolute Gasteiger partial charge is 0.250 e. The minimum atomic E-state index is -0.899. The van der Waals surface area contributed by atoms with Gasteiger partial charge < -0.3 is 20.7 Å². The van der Waals surface area contributed by atoms with E-state index in [9.17, 15) is 23.6 Å². The molecule has 2 heterocycles. The van der Waals surface area contributed by atoms with E-state index in [4.69, 9.17) is 4.74 Å². The van der Waals surface area contributed by atoms with Crippen LogP contribution in [0.2, 0.25) is 0 Å². The largest absolute Gasteiger partial charge is 0.369 e. The number of halogens is 1. The molecule has 4 amide bonds. The Morgan fingerprint density at radius 1 is 1.10 bits per heavy atom. The van der Waals surface area contributed by atoms with E-state index < -0.39 is 36.6 Å². The first-order valence-corrected chi connectivity index (χ1v) is 13.8. The van der Waals surface area contributed by atoms with Gasteiger partial charge in [-0.15, -0.1) is 0 Å². The molecule has 2 aromatic carbocycles. The predicted molar refractivity (Wildman–Crippen MR) is 148 cm³/mol. The highest BCUT2D eigenvalue weighted by Gasteiger charge is 2.44. The molecule has 2 aliphatic rings. The molecule has 10 heteroatoms. The molecule has 9 nitrogen and oxygen atoms in total. The van der Waals surface area contributed by atoms with Gasteiger partial charge in [0.05, 0.1) is 12.3 Å². The van der Waals surface area contributed by atoms with Crippen LogP contribution in [0.3, 0.4) is 0 Å². The van der Waals surface area contributed by atoms with Crippen LogP contribution in [0.5, 0.6) is 0 Å². The van der Waals surface area contributed by atoms with Gasteiger partial charge in [-0.3, -0.25) is 24.1 Å². The van der Waals surface area contributed by atoms with E-state index in [0.29, 0.717) is 32.2 Å². The standard InChI is InChI=1S/C30H37FN4O5/c1-3-19(2)26(34-25(36)18-40-15-14-31)29(38)33-23-13-12-21-10-7-11-22-16-24(35(27(21)22)30(23)39)28(37)32-17-20-8-5-4-6-9-20/h4-11,19,23-24,26H,3,12-18H2,1-2H3,(H,32,37)(H,33,38)(H,34,36)/t19-,23-,24-,26-/m0/s1. The minimum absolute atomic E-state index is 0.206. The van der Waals surface area contributed by atoms with Gasteiger partial charge in [0.1, 0.15) is 31.4 Å². The first-order valence-electron chi connectivity index (χ1n) is 13.8. The zero-order valence-corrected chi connectivity index (χ0v) is 23.0. The highest BCUT2D eigenvalue weighted by molar-refractivity contribution is 6.08. The number of ether oxygens (including phenoxy) is 1. The van der Waals surface area contributed by atoms with Crippen molar-refractivity contribution >= 4 is 29.3 Å². The Bertz CT molecular complexity index is 1220. The number of hydrogen-bond acceptors (Lipinski definition) is 5. The summed E-state index contributed by atoms with van der Waals surface area (Å²) in [7, 11) is 0. The van der Waals surface area contributed by atoms with E-state index in [2.05, 4.69) is 16.0 Å². The summed E-state index contributed by atoms with van der Waals surface area (Å²) >= 11 is 0. The fourth-order valence-corrected chi connectivity index (χ4v) is 5.28. The zero-order chi connectivity index (χ0) is 28.6. The van der Waals surface area contributed by atoms with Crippen molar-refractivity contribution in [3.63, 3.8) is 0 Å². The number of hydrogen-bond donors (Lipinski definition) is 3. The van der Waals surface area contributed by atoms with Crippen molar-refractivity contribution < 1.29 is 28.3 Å². The van der Waals surface area contributed by atoms with Gasteiger partial charge in [-0.1, -0.05) is 68.8 Å². The number of anilines is 1. The van der Waals surface area contributed by atoms with Crippen molar-refractivity contribution in [3.05, 3.63) is 65.2 Å². The Labute approximate surface area is 233 Å². The molecule has 0 radical (unpaired) electrons. The molecular weight excluding hydrogens is 515 g/mol. The predicted octanol–water partition coefficient (Wildman–Crippen LogP) is 2.21. The van der Waals surface area contributed by atoms with Crippen molar-refractivity contribution in [1.29, 1.82) is 0 Å². The number of carbonyl (C=O) groups is 4. The molecule has 2 aliphatic heterocycles. The number of amides is 4. The maximum Gasteiger partial charge on any atom is 0.250 e. The van der Waals surface area contributed by atoms with Crippen LogP contribution in [-0.4, -0.2) is 61.6 Å². The molecule has 0 saturated heterocycles. The molecule has 4 rings (SSSR count). The van der Waals surface area contributed by atoms with E-state index >= 15 is 0 Å². The lowest BCUT2D eigenvalue weighted by Crippen LogP contribution is -2.58. The number of benzene rings is 2. The first-order chi connectivity index (χ1) is 19.3. The van der Waals surface area contributed by atoms with E-state index in [1.165, 1.54) is 0 Å². The lowest BCUT2D eigenvalue weighted by atomic mass is 9.97. The van der Waals surface area contributed by atoms with Crippen LogP contribution in [-0.2, 0) is 43.3 Å². The van der Waals surface area contributed by atoms with Crippen LogP contribution in [0.15, 0.2) is 48.5 Å². The number of nitrogens with one attached hydrogen (secondary N) is 3. The van der Waals surface area contributed by atoms with Crippen LogP contribution in [0.4, 0.5) is 10.1 Å². The van der Waals surface area contributed by atoms with Crippen molar-refractivity contribution in [1.82, 2.24) is 16.0 Å². The molecule has 2 aromatic rings. The van der Waals surface area contributed by atoms with Crippen LogP contribution in [0.1, 0.15) is 43.4 Å². The molecule has 0 aromatic heterocycles. The highest BCUT2D eigenvalue weighted by Crippen LogP contribution is 2.39. The summed E-state index contributed by atoms with van der Waals surface area (Å²) in [6.45, 7) is 2.79. The maximum atomic E-state index is 13.9. The Kier molecular flexibility index (Phi) is 9.87. The van der Waals surface area contributed by atoms with Gasteiger partial charge in [0.2, 0.25) is 23.6 Å². The third-order valence-corrected chi connectivity index (χ3v) is 7.60. The Hall–Kier alpha value is -3.79. The molecule has 0 bridgehead atoms. The van der Waals surface area contributed by atoms with E-state index in [1.807, 2.05) is 62.4 Å². The van der Waals surface area contributed by atoms with Gasteiger partial charge >= 0.3 is 0 Å². The highest BCUT2D eigenvalue weighted by atomic mass is 19.1. The molecule has 0 spiro atoms. The lowest BCUT2D eigenvalue weighted by Gasteiger charge is -2.30. The van der Waals surface area contributed by atoms with Crippen LogP contribution in [0.25, 0.3) is 0 Å². The third-order valence-electron chi connectivity index (χ3n) is 7.60. The van der Waals surface area contributed by atoms with Gasteiger partial charge in [0, 0.05) is 13.0 Å². The van der Waals surface area contributed by atoms with Gasteiger partial charge in [-0.2, -0.15) is 0 Å². The number of rotatable bonds is 12. The van der Waals surface area contributed by atoms with Gasteiger partial charge in [-0.05, 0) is 35.4 Å². The first kappa shape index (κ1) is 29.2. The fraction of sp³-hybridized carbons (Fsp3) is 0.467. The Morgan fingerprint density at radius 2 is 1.85 bits per heavy atom. The SMILES string of the molecule is CC[C@H](C)[C@H](NC(=O)COCCF)C(=O)N[C@H]1CCc2cccc3c2N(C1=O)[C@H](C(=O)NCc1ccccc1)C3. The quantitative estimate of drug-likeness (QED) is 0.349. The zero-order valence-electron chi connectivity index (χ0n) is 23.0. The van der Waals surface area contributed by atoms with Crippen LogP contribution >= 0.6 is 0 Å². The molecular formula is C30H37FN4O5. The van der Waals surface area contributed by atoms with Crippen molar-refractivity contribution in [2.75, 3.05) is 24.8 Å². The molecule has 3 N–H and O–H groups in total. The van der Waals surface area contributed by atoms with Crippen molar-refractivity contribution in [2.45, 2.75) is 64.2 Å². The summed E-state index contributed by atoms with van der Waals surface area (Å²) in [4.78, 5) is 54.6. The average Bonchev–Trinajstić information content (AvgIpc) is 3.30. The topological polar surface area (TPSA) is 117 Å². The third kappa shape index (κ3) is 6.67. The maximum absolute atomic E-state index is 13.9. The number of aryl methyl sites for hydroxylation is 1. The van der Waals surface area contributed by atoms with Crippen LogP contribution in [0, 0.1) is 5.92 Å². The number of alkyl halides is 1. The van der Waals surface area contributed by atoms with E-state index in [0.717, 1.165) is 22.4 Å². The second kappa shape index (κ2) is 13.5. The van der Waals surface area contributed by atoms with Crippen molar-refractivity contribution in [3.8, 4) is 0 Å². The fourth-order valence-electron chi connectivity index (χ4n) is 5.28. The summed E-state index contributed by atoms with van der Waals surface area (Å²) in [6, 6.07) is 12.9. The van der Waals surface area contributed by atoms with Crippen molar-refractivity contribution in [2.24, 2.45) is 5.92 Å². The second-order valence-corrected chi connectivity index (χ2v) is 10.3. The van der Waals surface area contributed by atoms with Gasteiger partial charge in [0.25, 0.3) is 0 Å². The molecule has 214 valence electrons. The monoisotopic (exact) mass is 552 g/mol. The van der Waals surface area contributed by atoms with Crippen LogP contribution < -0.4 is 20.9 Å². The number of nitrogens with zero attached hydrogens (tertiary/aromatic N) is 1. The second-order valence-electron chi connectivity index (χ2n) is 10.3. The normalized spacial score (nSPS) is 19.3. The summed E-state index contributed by atoms with van der Waals surface area (Å²) < 4.78 is 17.3. The van der Waals surface area contributed by atoms with Gasteiger partial charge in [0.15, 0.2) is 0 Å². The summed E-state index contributed by atoms with van der Waals surface area (Å²) in [5.74, 6) is -1.85. The number of carbonyl (C=O) groups excluding carboxylic acids is 4. The lowest BCUT2D eigenvalue weighted by molar-refractivity contribution is -0.134. The Balaban J connectivity index is 1.50. The minimum Gasteiger partial charge on any atom is -0.369 e. The molecule has 0 fully saturated rings. The number of para-hydroxylation sites is 1. The van der Waals surface area contributed by atoms with Gasteiger partial charge in [-0.25, -0.2) is 4.39 Å². The molecule has 0 aliphatic carbocycles. The molecule has 4 atom stereocenters. The summed E-state index contributed by atoms with van der Waals surface area (Å²) in [6.07, 6.45) is 1.90. The molecule has 0 saturated carbocycles. The molecule has 0 unspecified atom stereocenters. The summed E-state index contributed by atoms with van der Waals surface area (Å²) in [5.41, 5.74) is 3.59. The van der Waals surface area contributed by atoms with E-state index in [-0.39, 0.29) is 30.9 Å². The summed E-state index contributed by atoms with van der Waals surface area (Å²) in [5, 5.41) is 8.49. The van der Waals surface area contributed by atoms with E-state index in [1.54, 1.807) is 4.90 Å². The molecule has 40 heavy (non-hydrogen) atoms.